The average Bonchev–Trinajstić information content (AvgIpc) is 2.60. The second kappa shape index (κ2) is 6.72. The number of thiol groups is 1. The van der Waals surface area contributed by atoms with Gasteiger partial charge >= 0.3 is 0 Å². The highest BCUT2D eigenvalue weighted by Crippen LogP contribution is 2.44. The Kier molecular flexibility index (Phi) is 6.88. The van der Waals surface area contributed by atoms with E-state index in [1.54, 1.807) is 6.26 Å². The lowest BCUT2D eigenvalue weighted by molar-refractivity contribution is 0.0289. The highest BCUT2D eigenvalue weighted by atomic mass is 32.1. The van der Waals surface area contributed by atoms with E-state index in [4.69, 9.17) is 0 Å². The number of rotatable bonds is 0. The first kappa shape index (κ1) is 13.3. The summed E-state index contributed by atoms with van der Waals surface area (Å²) in [5.74, 6) is 0. The Balaban J connectivity index is 0.000000322. The molecule has 1 heterocycles. The molecule has 80 valence electrons. The van der Waals surface area contributed by atoms with Crippen LogP contribution in [0.4, 0.5) is 0 Å². The third-order valence-corrected chi connectivity index (χ3v) is 2.87. The second-order valence-electron chi connectivity index (χ2n) is 3.88. The third-order valence-electron chi connectivity index (χ3n) is 2.87. The van der Waals surface area contributed by atoms with Gasteiger partial charge in [-0.1, -0.05) is 26.7 Å². The largest absolute Gasteiger partial charge is 0.305 e. The topological polar surface area (TPSA) is 3.24 Å². The fourth-order valence-electron chi connectivity index (χ4n) is 2.54. The SMILES string of the molecule is CC.CN1CC2(CCCC2)C1.CS. The van der Waals surface area contributed by atoms with E-state index in [1.807, 2.05) is 13.8 Å². The summed E-state index contributed by atoms with van der Waals surface area (Å²) in [5.41, 5.74) is 0.814. The Morgan fingerprint density at radius 1 is 1.00 bits per heavy atom. The molecule has 0 radical (unpaired) electrons. The fourth-order valence-corrected chi connectivity index (χ4v) is 2.54. The molecule has 0 bridgehead atoms. The molecule has 2 heteroatoms. The Morgan fingerprint density at radius 3 is 1.69 bits per heavy atom. The van der Waals surface area contributed by atoms with Crippen LogP contribution in [0.2, 0.25) is 0 Å². The van der Waals surface area contributed by atoms with Gasteiger partial charge in [-0.3, -0.25) is 0 Å². The van der Waals surface area contributed by atoms with Crippen molar-refractivity contribution in [1.82, 2.24) is 4.90 Å². The van der Waals surface area contributed by atoms with E-state index < -0.39 is 0 Å². The molecule has 0 aromatic carbocycles. The molecular weight excluding hydrogens is 178 g/mol. The van der Waals surface area contributed by atoms with Crippen molar-refractivity contribution in [3.8, 4) is 0 Å². The number of hydrogen-bond acceptors (Lipinski definition) is 2. The minimum absolute atomic E-state index is 0.814. The highest BCUT2D eigenvalue weighted by molar-refractivity contribution is 7.79. The van der Waals surface area contributed by atoms with Gasteiger partial charge in [0.05, 0.1) is 0 Å². The average molecular weight is 203 g/mol. The minimum Gasteiger partial charge on any atom is -0.305 e. The Morgan fingerprint density at radius 2 is 1.38 bits per heavy atom. The molecular formula is C11H25NS. The summed E-state index contributed by atoms with van der Waals surface area (Å²) >= 11 is 3.53. The first-order valence-electron chi connectivity index (χ1n) is 5.44. The van der Waals surface area contributed by atoms with Gasteiger partial charge in [-0.05, 0) is 31.6 Å². The van der Waals surface area contributed by atoms with Gasteiger partial charge in [0.2, 0.25) is 0 Å². The van der Waals surface area contributed by atoms with Crippen molar-refractivity contribution in [2.24, 2.45) is 5.41 Å². The molecule has 1 nitrogen and oxygen atoms in total. The zero-order valence-electron chi connectivity index (χ0n) is 9.64. The summed E-state index contributed by atoms with van der Waals surface area (Å²) in [6.45, 7) is 6.76. The van der Waals surface area contributed by atoms with E-state index in [9.17, 15) is 0 Å². The van der Waals surface area contributed by atoms with Crippen molar-refractivity contribution in [2.45, 2.75) is 39.5 Å². The van der Waals surface area contributed by atoms with Gasteiger partial charge < -0.3 is 4.90 Å². The summed E-state index contributed by atoms with van der Waals surface area (Å²) in [5, 5.41) is 0. The highest BCUT2D eigenvalue weighted by Gasteiger charge is 2.42. The molecule has 1 spiro atoms. The molecule has 0 aromatic heterocycles. The maximum atomic E-state index is 3.53. The molecule has 1 saturated heterocycles. The molecule has 2 fully saturated rings. The first-order chi connectivity index (χ1) is 6.31. The van der Waals surface area contributed by atoms with Crippen LogP contribution in [0, 0.1) is 5.41 Å². The van der Waals surface area contributed by atoms with Crippen LogP contribution in [-0.4, -0.2) is 31.3 Å². The normalized spacial score (nSPS) is 23.8. The van der Waals surface area contributed by atoms with Gasteiger partial charge in [0.25, 0.3) is 0 Å². The molecule has 0 N–H and O–H groups in total. The standard InChI is InChI=1S/C8H15N.C2H6.CH4S/c1-9-6-8(7-9)4-2-3-5-8;2*1-2/h2-7H2,1H3;1-2H3;2H,1H3. The number of likely N-dealkylation sites (tertiary alicyclic amines) is 1. The van der Waals surface area contributed by atoms with Crippen molar-refractivity contribution >= 4 is 12.6 Å². The Bertz CT molecular complexity index is 111. The van der Waals surface area contributed by atoms with Crippen molar-refractivity contribution in [3.63, 3.8) is 0 Å². The summed E-state index contributed by atoms with van der Waals surface area (Å²) < 4.78 is 0. The number of nitrogens with zero attached hydrogens (tertiary/aromatic N) is 1. The van der Waals surface area contributed by atoms with E-state index in [2.05, 4.69) is 24.6 Å². The van der Waals surface area contributed by atoms with Crippen LogP contribution in [0.1, 0.15) is 39.5 Å². The van der Waals surface area contributed by atoms with Crippen LogP contribution in [0.3, 0.4) is 0 Å². The van der Waals surface area contributed by atoms with Crippen molar-refractivity contribution < 1.29 is 0 Å². The Labute approximate surface area is 89.3 Å². The van der Waals surface area contributed by atoms with E-state index >= 15 is 0 Å². The summed E-state index contributed by atoms with van der Waals surface area (Å²) in [6, 6.07) is 0. The van der Waals surface area contributed by atoms with Gasteiger partial charge in [0.15, 0.2) is 0 Å². The molecule has 2 rings (SSSR count). The van der Waals surface area contributed by atoms with E-state index in [0.29, 0.717) is 0 Å². The molecule has 1 aliphatic carbocycles. The molecule has 0 aromatic rings. The van der Waals surface area contributed by atoms with E-state index in [1.165, 1.54) is 38.8 Å². The van der Waals surface area contributed by atoms with Crippen LogP contribution in [0.25, 0.3) is 0 Å². The lowest BCUT2D eigenvalue weighted by Crippen LogP contribution is -2.52. The van der Waals surface area contributed by atoms with Crippen LogP contribution in [0.15, 0.2) is 0 Å². The van der Waals surface area contributed by atoms with Crippen molar-refractivity contribution in [1.29, 1.82) is 0 Å². The predicted molar refractivity (Wildman–Crippen MR) is 64.7 cm³/mol. The minimum atomic E-state index is 0.814. The zero-order chi connectivity index (χ0) is 10.3. The predicted octanol–water partition coefficient (Wildman–Crippen LogP) is 3.06. The maximum absolute atomic E-state index is 3.53. The van der Waals surface area contributed by atoms with Gasteiger partial charge in [-0.15, -0.1) is 0 Å². The lowest BCUT2D eigenvalue weighted by Gasteiger charge is -2.46. The van der Waals surface area contributed by atoms with Crippen molar-refractivity contribution in [3.05, 3.63) is 0 Å². The fraction of sp³-hybridized carbons (Fsp3) is 1.00. The van der Waals surface area contributed by atoms with Gasteiger partial charge in [-0.25, -0.2) is 0 Å². The smallest absolute Gasteiger partial charge is 0.00474 e. The summed E-state index contributed by atoms with van der Waals surface area (Å²) in [6.07, 6.45) is 7.70. The third kappa shape index (κ3) is 3.51. The van der Waals surface area contributed by atoms with Gasteiger partial charge in [0, 0.05) is 13.1 Å². The molecule has 0 unspecified atom stereocenters. The molecule has 1 aliphatic heterocycles. The molecule has 0 amide bonds. The molecule has 13 heavy (non-hydrogen) atoms. The molecule has 2 aliphatic rings. The lowest BCUT2D eigenvalue weighted by atomic mass is 9.79. The van der Waals surface area contributed by atoms with Crippen molar-refractivity contribution in [2.75, 3.05) is 26.4 Å². The van der Waals surface area contributed by atoms with E-state index in [-0.39, 0.29) is 0 Å². The summed E-state index contributed by atoms with van der Waals surface area (Å²) in [7, 11) is 2.23. The zero-order valence-corrected chi connectivity index (χ0v) is 10.5. The van der Waals surface area contributed by atoms with E-state index in [0.717, 1.165) is 5.41 Å². The second-order valence-corrected chi connectivity index (χ2v) is 3.88. The molecule has 0 atom stereocenters. The van der Waals surface area contributed by atoms with Crippen LogP contribution in [0.5, 0.6) is 0 Å². The summed E-state index contributed by atoms with van der Waals surface area (Å²) in [4.78, 5) is 2.44. The first-order valence-corrected chi connectivity index (χ1v) is 6.34. The monoisotopic (exact) mass is 203 g/mol. The quantitative estimate of drug-likeness (QED) is 0.592. The molecule has 1 saturated carbocycles. The Hall–Kier alpha value is 0.310. The van der Waals surface area contributed by atoms with Crippen LogP contribution < -0.4 is 0 Å². The van der Waals surface area contributed by atoms with Crippen LogP contribution in [-0.2, 0) is 0 Å². The van der Waals surface area contributed by atoms with Crippen LogP contribution >= 0.6 is 12.6 Å². The van der Waals surface area contributed by atoms with Gasteiger partial charge in [-0.2, -0.15) is 12.6 Å². The van der Waals surface area contributed by atoms with Gasteiger partial charge in [0.1, 0.15) is 0 Å². The number of hydrogen-bond donors (Lipinski definition) is 1. The maximum Gasteiger partial charge on any atom is 0.00474 e.